The third-order valence-corrected chi connectivity index (χ3v) is 5.11. The minimum atomic E-state index is -0.456. The number of hydrogen-bond acceptors (Lipinski definition) is 7. The molecule has 3 aromatic carbocycles. The van der Waals surface area contributed by atoms with Crippen molar-refractivity contribution in [1.82, 2.24) is 0 Å². The largest absolute Gasteiger partial charge is 0.507 e. The van der Waals surface area contributed by atoms with E-state index in [2.05, 4.69) is 5.32 Å². The Morgan fingerprint density at radius 3 is 2.53 bits per heavy atom. The van der Waals surface area contributed by atoms with Gasteiger partial charge in [0.2, 0.25) is 0 Å². The summed E-state index contributed by atoms with van der Waals surface area (Å²) in [6, 6.07) is 20.9. The van der Waals surface area contributed by atoms with Gasteiger partial charge in [0.1, 0.15) is 33.8 Å². The summed E-state index contributed by atoms with van der Waals surface area (Å²) in [7, 11) is 0. The van der Waals surface area contributed by atoms with Gasteiger partial charge in [0.15, 0.2) is 12.0 Å². The van der Waals surface area contributed by atoms with Crippen LogP contribution in [0.2, 0.25) is 0 Å². The van der Waals surface area contributed by atoms with E-state index >= 15 is 0 Å². The Hall–Kier alpha value is -4.85. The molecule has 168 valence electrons. The molecule has 0 bridgehead atoms. The Kier molecular flexibility index (Phi) is 5.31. The first-order chi connectivity index (χ1) is 16.5. The number of benzene rings is 3. The van der Waals surface area contributed by atoms with E-state index in [0.717, 1.165) is 0 Å². The third-order valence-electron chi connectivity index (χ3n) is 5.11. The minimum Gasteiger partial charge on any atom is -0.507 e. The maximum Gasteiger partial charge on any atom is 0.336 e. The number of rotatable bonds is 5. The van der Waals surface area contributed by atoms with Gasteiger partial charge in [-0.1, -0.05) is 30.3 Å². The van der Waals surface area contributed by atoms with Crippen LogP contribution >= 0.6 is 0 Å². The molecule has 0 saturated carbocycles. The molecule has 8 nitrogen and oxygen atoms in total. The van der Waals surface area contributed by atoms with Crippen molar-refractivity contribution in [2.75, 3.05) is 11.9 Å². The smallest absolute Gasteiger partial charge is 0.336 e. The molecule has 2 aromatic heterocycles. The van der Waals surface area contributed by atoms with Crippen LogP contribution in [-0.4, -0.2) is 17.6 Å². The molecular weight excluding hydrogens is 438 g/mol. The van der Waals surface area contributed by atoms with Crippen molar-refractivity contribution in [3.63, 3.8) is 0 Å². The number of nitrogens with one attached hydrogen (secondary N) is 1. The highest BCUT2D eigenvalue weighted by atomic mass is 16.5. The standard InChI is InChI=1S/C26H17NO7/c28-19-11-18(12-23-26(19)20(29)13-22(33-23)15-4-2-1-3-5-15)32-14-24(30)27-17-7-8-21-16(10-17)6-9-25(31)34-21/h1-13,28H,14H2,(H,27,30). The SMILES string of the molecule is O=C(COc1cc(O)c2c(=O)cc(-c3ccccc3)oc2c1)Nc1ccc2oc(=O)ccc2c1. The Morgan fingerprint density at radius 2 is 1.71 bits per heavy atom. The van der Waals surface area contributed by atoms with Crippen LogP contribution in [0.25, 0.3) is 33.3 Å². The summed E-state index contributed by atoms with van der Waals surface area (Å²) >= 11 is 0. The number of aromatic hydroxyl groups is 1. The molecule has 0 unspecified atom stereocenters. The number of anilines is 1. The minimum absolute atomic E-state index is 0.0271. The van der Waals surface area contributed by atoms with Crippen LogP contribution in [0.15, 0.2) is 97.3 Å². The van der Waals surface area contributed by atoms with Gasteiger partial charge in [-0.25, -0.2) is 4.79 Å². The lowest BCUT2D eigenvalue weighted by atomic mass is 10.1. The van der Waals surface area contributed by atoms with E-state index in [0.29, 0.717) is 28.0 Å². The van der Waals surface area contributed by atoms with Gasteiger partial charge in [-0.05, 0) is 24.3 Å². The predicted octanol–water partition coefficient (Wildman–Crippen LogP) is 4.29. The van der Waals surface area contributed by atoms with Crippen LogP contribution in [0.3, 0.4) is 0 Å². The molecule has 0 aliphatic heterocycles. The number of ether oxygens (including phenoxy) is 1. The second-order valence-corrected chi connectivity index (χ2v) is 7.50. The zero-order valence-electron chi connectivity index (χ0n) is 17.6. The van der Waals surface area contributed by atoms with Crippen LogP contribution in [0.4, 0.5) is 5.69 Å². The van der Waals surface area contributed by atoms with E-state index in [1.165, 1.54) is 24.3 Å². The summed E-state index contributed by atoms with van der Waals surface area (Å²) in [5.74, 6) is -0.249. The molecule has 0 saturated heterocycles. The van der Waals surface area contributed by atoms with Crippen molar-refractivity contribution in [2.24, 2.45) is 0 Å². The molecule has 5 rings (SSSR count). The lowest BCUT2D eigenvalue weighted by Gasteiger charge is -2.10. The molecule has 2 heterocycles. The molecule has 0 aliphatic rings. The van der Waals surface area contributed by atoms with Crippen molar-refractivity contribution >= 4 is 33.5 Å². The van der Waals surface area contributed by atoms with Gasteiger partial charge in [0.25, 0.3) is 5.91 Å². The fourth-order valence-corrected chi connectivity index (χ4v) is 3.57. The number of fused-ring (bicyclic) bond motifs is 2. The highest BCUT2D eigenvalue weighted by molar-refractivity contribution is 5.94. The quantitative estimate of drug-likeness (QED) is 0.380. The summed E-state index contributed by atoms with van der Waals surface area (Å²) in [6.45, 7) is -0.352. The number of phenolic OH excluding ortho intramolecular Hbond substituents is 1. The van der Waals surface area contributed by atoms with Crippen molar-refractivity contribution in [2.45, 2.75) is 0 Å². The first kappa shape index (κ1) is 21.0. The van der Waals surface area contributed by atoms with Crippen molar-refractivity contribution < 1.29 is 23.5 Å². The zero-order chi connectivity index (χ0) is 23.7. The molecule has 2 N–H and O–H groups in total. The monoisotopic (exact) mass is 455 g/mol. The predicted molar refractivity (Wildman–Crippen MR) is 126 cm³/mol. The van der Waals surface area contributed by atoms with Crippen LogP contribution in [0.5, 0.6) is 11.5 Å². The number of carbonyl (C=O) groups is 1. The van der Waals surface area contributed by atoms with Crippen LogP contribution in [0, 0.1) is 0 Å². The molecule has 34 heavy (non-hydrogen) atoms. The first-order valence-corrected chi connectivity index (χ1v) is 10.3. The third kappa shape index (κ3) is 4.24. The zero-order valence-corrected chi connectivity index (χ0v) is 17.6. The van der Waals surface area contributed by atoms with E-state index in [9.17, 15) is 19.5 Å². The molecule has 0 radical (unpaired) electrons. The number of amides is 1. The van der Waals surface area contributed by atoms with Gasteiger partial charge in [-0.2, -0.15) is 0 Å². The molecule has 1 amide bonds. The summed E-state index contributed by atoms with van der Waals surface area (Å²) < 4.78 is 16.4. The second kappa shape index (κ2) is 8.59. The summed E-state index contributed by atoms with van der Waals surface area (Å²) in [4.78, 5) is 36.2. The van der Waals surface area contributed by atoms with Gasteiger partial charge in [0.05, 0.1) is 0 Å². The number of hydrogen-bond donors (Lipinski definition) is 2. The van der Waals surface area contributed by atoms with Gasteiger partial charge in [-0.15, -0.1) is 0 Å². The fraction of sp³-hybridized carbons (Fsp3) is 0.0385. The first-order valence-electron chi connectivity index (χ1n) is 10.3. The Balaban J connectivity index is 1.35. The Labute approximate surface area is 191 Å². The Bertz CT molecular complexity index is 1650. The normalized spacial score (nSPS) is 10.9. The molecule has 0 atom stereocenters. The summed E-state index contributed by atoms with van der Waals surface area (Å²) in [5, 5.41) is 13.7. The van der Waals surface area contributed by atoms with Gasteiger partial charge >= 0.3 is 5.63 Å². The molecule has 0 fully saturated rings. The van der Waals surface area contributed by atoms with Crippen LogP contribution in [-0.2, 0) is 4.79 Å². The average molecular weight is 455 g/mol. The molecule has 0 spiro atoms. The van der Waals surface area contributed by atoms with Gasteiger partial charge < -0.3 is 24.0 Å². The molecule has 8 heteroatoms. The highest BCUT2D eigenvalue weighted by Crippen LogP contribution is 2.31. The molecular formula is C26H17NO7. The lowest BCUT2D eigenvalue weighted by Crippen LogP contribution is -2.20. The lowest BCUT2D eigenvalue weighted by molar-refractivity contribution is -0.118. The molecule has 5 aromatic rings. The number of phenols is 1. The van der Waals surface area contributed by atoms with Crippen molar-refractivity contribution in [3.05, 3.63) is 99.5 Å². The van der Waals surface area contributed by atoms with Gasteiger partial charge in [-0.3, -0.25) is 9.59 Å². The summed E-state index contributed by atoms with van der Waals surface area (Å²) in [6.07, 6.45) is 0. The second-order valence-electron chi connectivity index (χ2n) is 7.50. The van der Waals surface area contributed by atoms with E-state index in [1.54, 1.807) is 36.4 Å². The Morgan fingerprint density at radius 1 is 0.882 bits per heavy atom. The topological polar surface area (TPSA) is 119 Å². The maximum absolute atomic E-state index is 12.5. The van der Waals surface area contributed by atoms with Crippen LogP contribution in [0.1, 0.15) is 0 Å². The maximum atomic E-state index is 12.5. The van der Waals surface area contributed by atoms with Crippen molar-refractivity contribution in [3.8, 4) is 22.8 Å². The van der Waals surface area contributed by atoms with E-state index in [4.69, 9.17) is 13.6 Å². The van der Waals surface area contributed by atoms with E-state index < -0.39 is 17.0 Å². The van der Waals surface area contributed by atoms with E-state index in [-0.39, 0.29) is 29.1 Å². The van der Waals surface area contributed by atoms with Gasteiger partial charge in [0, 0.05) is 40.9 Å². The fourth-order valence-electron chi connectivity index (χ4n) is 3.57. The van der Waals surface area contributed by atoms with Crippen LogP contribution < -0.4 is 21.1 Å². The highest BCUT2D eigenvalue weighted by Gasteiger charge is 2.14. The molecule has 0 aliphatic carbocycles. The number of carbonyl (C=O) groups excluding carboxylic acids is 1. The van der Waals surface area contributed by atoms with Crippen molar-refractivity contribution in [1.29, 1.82) is 0 Å². The summed E-state index contributed by atoms with van der Waals surface area (Å²) in [5.41, 5.74) is 0.899. The average Bonchev–Trinajstić information content (AvgIpc) is 2.83. The van der Waals surface area contributed by atoms with E-state index in [1.807, 2.05) is 18.2 Å².